The van der Waals surface area contributed by atoms with Gasteiger partial charge >= 0.3 is 0 Å². The zero-order valence-corrected chi connectivity index (χ0v) is 8.54. The van der Waals surface area contributed by atoms with E-state index in [1.165, 1.54) is 6.07 Å². The second-order valence-corrected chi connectivity index (χ2v) is 3.35. The summed E-state index contributed by atoms with van der Waals surface area (Å²) in [5, 5.41) is 0. The fraction of sp³-hybridized carbons (Fsp3) is 0.0909. The van der Waals surface area contributed by atoms with Crippen LogP contribution in [0.3, 0.4) is 0 Å². The van der Waals surface area contributed by atoms with Crippen molar-refractivity contribution in [2.45, 2.75) is 6.92 Å². The maximum Gasteiger partial charge on any atom is 0.132 e. The van der Waals surface area contributed by atoms with E-state index in [2.05, 4.69) is 9.97 Å². The van der Waals surface area contributed by atoms with Gasteiger partial charge in [0, 0.05) is 11.6 Å². The monoisotopic (exact) mass is 221 g/mol. The molecule has 82 valence electrons. The van der Waals surface area contributed by atoms with Crippen LogP contribution in [0.2, 0.25) is 0 Å². The molecule has 0 aliphatic carbocycles. The summed E-state index contributed by atoms with van der Waals surface area (Å²) in [6.07, 6.45) is 0. The number of anilines is 1. The minimum Gasteiger partial charge on any atom is -0.384 e. The molecule has 0 amide bonds. The number of rotatable bonds is 1. The van der Waals surface area contributed by atoms with Gasteiger partial charge < -0.3 is 5.73 Å². The van der Waals surface area contributed by atoms with Gasteiger partial charge in [-0.2, -0.15) is 0 Å². The van der Waals surface area contributed by atoms with Gasteiger partial charge in [0.1, 0.15) is 23.3 Å². The quantitative estimate of drug-likeness (QED) is 0.803. The van der Waals surface area contributed by atoms with E-state index < -0.39 is 11.6 Å². The topological polar surface area (TPSA) is 51.8 Å². The Hall–Kier alpha value is -2.04. The average Bonchev–Trinajstić information content (AvgIpc) is 2.20. The van der Waals surface area contributed by atoms with Crippen molar-refractivity contribution in [1.29, 1.82) is 0 Å². The lowest BCUT2D eigenvalue weighted by atomic mass is 10.1. The number of halogens is 2. The van der Waals surface area contributed by atoms with Crippen LogP contribution in [0.1, 0.15) is 5.82 Å². The smallest absolute Gasteiger partial charge is 0.132 e. The first-order valence-electron chi connectivity index (χ1n) is 4.63. The summed E-state index contributed by atoms with van der Waals surface area (Å²) in [5.74, 6) is -0.421. The molecule has 2 N–H and O–H groups in total. The Morgan fingerprint density at radius 3 is 2.56 bits per heavy atom. The highest BCUT2D eigenvalue weighted by atomic mass is 19.1. The predicted molar refractivity (Wildman–Crippen MR) is 56.5 cm³/mol. The Morgan fingerprint density at radius 2 is 1.88 bits per heavy atom. The van der Waals surface area contributed by atoms with Crippen LogP contribution in [0, 0.1) is 18.6 Å². The van der Waals surface area contributed by atoms with Crippen molar-refractivity contribution >= 4 is 5.82 Å². The van der Waals surface area contributed by atoms with Crippen molar-refractivity contribution < 1.29 is 8.78 Å². The molecule has 0 saturated carbocycles. The number of hydrogen-bond acceptors (Lipinski definition) is 3. The molecule has 2 aromatic rings. The molecule has 2 rings (SSSR count). The van der Waals surface area contributed by atoms with Crippen LogP contribution in [-0.2, 0) is 0 Å². The minimum absolute atomic E-state index is 0.0807. The molecule has 1 aromatic carbocycles. The second-order valence-electron chi connectivity index (χ2n) is 3.35. The number of benzene rings is 1. The zero-order valence-electron chi connectivity index (χ0n) is 8.54. The summed E-state index contributed by atoms with van der Waals surface area (Å²) < 4.78 is 26.4. The number of aryl methyl sites for hydroxylation is 1. The van der Waals surface area contributed by atoms with Gasteiger partial charge in [-0.3, -0.25) is 0 Å². The van der Waals surface area contributed by atoms with E-state index in [4.69, 9.17) is 5.73 Å². The Kier molecular flexibility index (Phi) is 2.52. The van der Waals surface area contributed by atoms with Crippen LogP contribution in [0.15, 0.2) is 24.3 Å². The molecule has 0 atom stereocenters. The van der Waals surface area contributed by atoms with Crippen molar-refractivity contribution in [2.75, 3.05) is 5.73 Å². The summed E-state index contributed by atoms with van der Waals surface area (Å²) in [7, 11) is 0. The normalized spacial score (nSPS) is 10.4. The molecule has 1 aromatic heterocycles. The minimum atomic E-state index is -0.543. The third kappa shape index (κ3) is 1.98. The van der Waals surface area contributed by atoms with Crippen molar-refractivity contribution in [3.05, 3.63) is 41.7 Å². The molecule has 0 saturated heterocycles. The maximum absolute atomic E-state index is 13.5. The molecule has 0 unspecified atom stereocenters. The van der Waals surface area contributed by atoms with Gasteiger partial charge in [-0.05, 0) is 25.1 Å². The molecular formula is C11H9F2N3. The van der Waals surface area contributed by atoms with Gasteiger partial charge in [0.2, 0.25) is 0 Å². The van der Waals surface area contributed by atoms with Crippen molar-refractivity contribution in [3.8, 4) is 11.3 Å². The molecular weight excluding hydrogens is 212 g/mol. The van der Waals surface area contributed by atoms with Gasteiger partial charge in [-0.25, -0.2) is 18.7 Å². The number of nitrogen functional groups attached to an aromatic ring is 1. The van der Waals surface area contributed by atoms with E-state index in [1.807, 2.05) is 0 Å². The van der Waals surface area contributed by atoms with Gasteiger partial charge in [-0.15, -0.1) is 0 Å². The fourth-order valence-electron chi connectivity index (χ4n) is 1.42. The maximum atomic E-state index is 13.5. The summed E-state index contributed by atoms with van der Waals surface area (Å²) in [5.41, 5.74) is 5.88. The number of nitrogens with two attached hydrogens (primary N) is 1. The Bertz CT molecular complexity index is 520. The lowest BCUT2D eigenvalue weighted by molar-refractivity contribution is 0.602. The molecule has 3 nitrogen and oxygen atoms in total. The lowest BCUT2D eigenvalue weighted by Gasteiger charge is -2.04. The highest BCUT2D eigenvalue weighted by Gasteiger charge is 2.09. The van der Waals surface area contributed by atoms with Crippen LogP contribution in [0.4, 0.5) is 14.6 Å². The Balaban J connectivity index is 2.62. The molecule has 0 spiro atoms. The predicted octanol–water partition coefficient (Wildman–Crippen LogP) is 2.31. The lowest BCUT2D eigenvalue weighted by Crippen LogP contribution is -1.98. The number of nitrogens with zero attached hydrogens (tertiary/aromatic N) is 2. The largest absolute Gasteiger partial charge is 0.384 e. The Morgan fingerprint density at radius 1 is 1.12 bits per heavy atom. The van der Waals surface area contributed by atoms with E-state index >= 15 is 0 Å². The standard InChI is InChI=1S/C11H9F2N3/c1-6-15-10(5-11(14)16-6)8-4-7(12)2-3-9(8)13/h2-5H,1H3,(H2,14,15,16). The van der Waals surface area contributed by atoms with Crippen LogP contribution in [0.5, 0.6) is 0 Å². The SMILES string of the molecule is Cc1nc(N)cc(-c2cc(F)ccc2F)n1. The first-order valence-corrected chi connectivity index (χ1v) is 4.63. The highest BCUT2D eigenvalue weighted by molar-refractivity contribution is 5.62. The van der Waals surface area contributed by atoms with Gasteiger partial charge in [0.05, 0.1) is 5.69 Å². The van der Waals surface area contributed by atoms with Crippen LogP contribution in [0.25, 0.3) is 11.3 Å². The van der Waals surface area contributed by atoms with Crippen LogP contribution >= 0.6 is 0 Å². The molecule has 0 aliphatic rings. The van der Waals surface area contributed by atoms with Crippen molar-refractivity contribution in [3.63, 3.8) is 0 Å². The molecule has 5 heteroatoms. The summed E-state index contributed by atoms with van der Waals surface area (Å²) >= 11 is 0. The van der Waals surface area contributed by atoms with Gasteiger partial charge in [-0.1, -0.05) is 0 Å². The fourth-order valence-corrected chi connectivity index (χ4v) is 1.42. The molecule has 0 radical (unpaired) electrons. The summed E-state index contributed by atoms with van der Waals surface area (Å²) in [4.78, 5) is 7.87. The summed E-state index contributed by atoms with van der Waals surface area (Å²) in [6.45, 7) is 1.64. The first kappa shape index (κ1) is 10.5. The average molecular weight is 221 g/mol. The van der Waals surface area contributed by atoms with E-state index in [1.54, 1.807) is 6.92 Å². The van der Waals surface area contributed by atoms with Crippen molar-refractivity contribution in [1.82, 2.24) is 9.97 Å². The molecule has 16 heavy (non-hydrogen) atoms. The van der Waals surface area contributed by atoms with E-state index in [0.29, 0.717) is 5.82 Å². The second kappa shape index (κ2) is 3.84. The van der Waals surface area contributed by atoms with E-state index in [0.717, 1.165) is 18.2 Å². The molecule has 0 fully saturated rings. The highest BCUT2D eigenvalue weighted by Crippen LogP contribution is 2.22. The number of aromatic nitrogens is 2. The summed E-state index contributed by atoms with van der Waals surface area (Å²) in [6, 6.07) is 4.59. The van der Waals surface area contributed by atoms with Crippen LogP contribution < -0.4 is 5.73 Å². The molecule has 1 heterocycles. The Labute approximate surface area is 91.0 Å². The molecule has 0 bridgehead atoms. The van der Waals surface area contributed by atoms with E-state index in [9.17, 15) is 8.78 Å². The van der Waals surface area contributed by atoms with Gasteiger partial charge in [0.25, 0.3) is 0 Å². The van der Waals surface area contributed by atoms with Gasteiger partial charge in [0.15, 0.2) is 0 Å². The third-order valence-electron chi connectivity index (χ3n) is 2.06. The van der Waals surface area contributed by atoms with Crippen LogP contribution in [-0.4, -0.2) is 9.97 Å². The third-order valence-corrected chi connectivity index (χ3v) is 2.06. The van der Waals surface area contributed by atoms with E-state index in [-0.39, 0.29) is 17.1 Å². The molecule has 0 aliphatic heterocycles. The van der Waals surface area contributed by atoms with Crippen molar-refractivity contribution in [2.24, 2.45) is 0 Å². The zero-order chi connectivity index (χ0) is 11.7. The number of hydrogen-bond donors (Lipinski definition) is 1. The first-order chi connectivity index (χ1) is 7.56.